The van der Waals surface area contributed by atoms with E-state index < -0.39 is 10.0 Å². The van der Waals surface area contributed by atoms with Crippen molar-refractivity contribution in [1.29, 1.82) is 0 Å². The van der Waals surface area contributed by atoms with E-state index in [0.29, 0.717) is 54.8 Å². The third-order valence-corrected chi connectivity index (χ3v) is 8.37. The summed E-state index contributed by atoms with van der Waals surface area (Å²) in [6, 6.07) is 3.47. The Bertz CT molecular complexity index is 1610. The van der Waals surface area contributed by atoms with Crippen LogP contribution in [0.1, 0.15) is 39.2 Å². The minimum absolute atomic E-state index is 0.0634. The van der Waals surface area contributed by atoms with Crippen molar-refractivity contribution in [2.75, 3.05) is 23.3 Å². The number of hydrogen-bond donors (Lipinski definition) is 2. The van der Waals surface area contributed by atoms with E-state index in [-0.39, 0.29) is 17.3 Å². The second kappa shape index (κ2) is 8.80. The number of amides is 2. The highest BCUT2D eigenvalue weighted by molar-refractivity contribution is 7.90. The molecule has 4 aromatic heterocycles. The maximum absolute atomic E-state index is 12.5. The molecule has 1 aliphatic heterocycles. The Morgan fingerprint density at radius 3 is 2.76 bits per heavy atom. The third kappa shape index (κ3) is 4.26. The number of nitrogens with zero attached hydrogens (tertiary/aromatic N) is 8. The maximum atomic E-state index is 12.5. The van der Waals surface area contributed by atoms with Gasteiger partial charge in [0, 0.05) is 37.6 Å². The first kappa shape index (κ1) is 23.3. The highest BCUT2D eigenvalue weighted by Gasteiger charge is 2.37. The fraction of sp³-hybridized carbons (Fsp3) is 0.391. The summed E-state index contributed by atoms with van der Waals surface area (Å²) in [6.07, 6.45) is 8.34. The zero-order valence-corrected chi connectivity index (χ0v) is 21.2. The van der Waals surface area contributed by atoms with Gasteiger partial charge >= 0.3 is 6.03 Å². The average molecular weight is 523 g/mol. The molecule has 1 aliphatic carbocycles. The quantitative estimate of drug-likeness (QED) is 0.373. The summed E-state index contributed by atoms with van der Waals surface area (Å²) in [4.78, 5) is 27.4. The lowest BCUT2D eigenvalue weighted by atomic mass is 10.2. The first-order valence-electron chi connectivity index (χ1n) is 12.1. The van der Waals surface area contributed by atoms with Gasteiger partial charge < -0.3 is 10.6 Å². The predicted octanol–water partition coefficient (Wildman–Crippen LogP) is 2.67. The molecule has 13 nitrogen and oxygen atoms in total. The van der Waals surface area contributed by atoms with Crippen LogP contribution in [-0.2, 0) is 10.0 Å². The molecule has 1 saturated heterocycles. The van der Waals surface area contributed by atoms with Gasteiger partial charge in [0.15, 0.2) is 11.6 Å². The lowest BCUT2D eigenvalue weighted by Crippen LogP contribution is -2.46. The molecule has 192 valence electrons. The van der Waals surface area contributed by atoms with E-state index in [2.05, 4.69) is 30.7 Å². The second-order valence-electron chi connectivity index (χ2n) is 9.42. The van der Waals surface area contributed by atoms with Crippen molar-refractivity contribution in [3.8, 4) is 11.4 Å². The van der Waals surface area contributed by atoms with E-state index >= 15 is 0 Å². The third-order valence-electron chi connectivity index (χ3n) is 6.33. The largest absolute Gasteiger partial charge is 0.338 e. The summed E-state index contributed by atoms with van der Waals surface area (Å²) in [5.41, 5.74) is 1.33. The summed E-state index contributed by atoms with van der Waals surface area (Å²) in [7, 11) is -3.47. The molecular weight excluding hydrogens is 496 g/mol. The van der Waals surface area contributed by atoms with Crippen LogP contribution in [-0.4, -0.2) is 66.7 Å². The Morgan fingerprint density at radius 2 is 2.00 bits per heavy atom. The molecule has 2 fully saturated rings. The molecule has 2 N–H and O–H groups in total. The van der Waals surface area contributed by atoms with Crippen molar-refractivity contribution in [2.24, 2.45) is 0 Å². The number of pyridine rings is 1. The Morgan fingerprint density at radius 1 is 1.16 bits per heavy atom. The van der Waals surface area contributed by atoms with E-state index in [9.17, 15) is 13.2 Å². The van der Waals surface area contributed by atoms with Gasteiger partial charge in [-0.2, -0.15) is 14.3 Å². The molecular formula is C23H26N10O3S. The van der Waals surface area contributed by atoms with Crippen LogP contribution >= 0.6 is 0 Å². The van der Waals surface area contributed by atoms with Crippen LogP contribution in [0.2, 0.25) is 0 Å². The summed E-state index contributed by atoms with van der Waals surface area (Å²) in [5.74, 6) is 1.96. The van der Waals surface area contributed by atoms with Gasteiger partial charge in [-0.05, 0) is 39.2 Å². The van der Waals surface area contributed by atoms with Gasteiger partial charge in [-0.1, -0.05) is 0 Å². The highest BCUT2D eigenvalue weighted by atomic mass is 32.2. The lowest BCUT2D eigenvalue weighted by molar-refractivity contribution is 0.242. The van der Waals surface area contributed by atoms with Crippen LogP contribution in [0.25, 0.3) is 22.3 Å². The minimum atomic E-state index is -3.47. The van der Waals surface area contributed by atoms with E-state index in [4.69, 9.17) is 5.10 Å². The van der Waals surface area contributed by atoms with Gasteiger partial charge in [0.05, 0.1) is 34.1 Å². The number of nitrogens with one attached hydrogen (secondary N) is 2. The van der Waals surface area contributed by atoms with Crippen molar-refractivity contribution in [3.05, 3.63) is 36.9 Å². The van der Waals surface area contributed by atoms with Crippen molar-refractivity contribution in [1.82, 2.24) is 39.2 Å². The average Bonchev–Trinajstić information content (AvgIpc) is 3.51. The fourth-order valence-electron chi connectivity index (χ4n) is 4.29. The molecule has 5 heterocycles. The smallest absolute Gasteiger partial charge is 0.323 e. The van der Waals surface area contributed by atoms with Crippen LogP contribution in [0.3, 0.4) is 0 Å². The van der Waals surface area contributed by atoms with Crippen LogP contribution in [0.15, 0.2) is 36.9 Å². The number of hydrogen-bond acceptors (Lipinski definition) is 9. The SMILES string of the molecule is CC(C)n1nc(N2CCCNC2=O)c2cnc(Nc3ccnc(-c4cnn(S(=O)(=O)C5CC5)c4)n3)cc21. The van der Waals surface area contributed by atoms with Crippen molar-refractivity contribution in [2.45, 2.75) is 44.4 Å². The number of aromatic nitrogens is 7. The monoisotopic (exact) mass is 522 g/mol. The second-order valence-corrected chi connectivity index (χ2v) is 11.5. The molecule has 2 amide bonds. The Hall–Kier alpha value is -4.07. The van der Waals surface area contributed by atoms with Crippen molar-refractivity contribution in [3.63, 3.8) is 0 Å². The Kier molecular flexibility index (Phi) is 5.55. The van der Waals surface area contributed by atoms with Gasteiger partial charge in [0.25, 0.3) is 10.0 Å². The fourth-order valence-corrected chi connectivity index (χ4v) is 5.76. The first-order valence-corrected chi connectivity index (χ1v) is 13.6. The van der Waals surface area contributed by atoms with Crippen molar-refractivity contribution < 1.29 is 13.2 Å². The molecule has 0 aromatic carbocycles. The number of rotatable bonds is 7. The summed E-state index contributed by atoms with van der Waals surface area (Å²) in [5, 5.41) is 15.2. The molecule has 2 aliphatic rings. The molecule has 0 spiro atoms. The first-order chi connectivity index (χ1) is 17.8. The highest BCUT2D eigenvalue weighted by Crippen LogP contribution is 2.32. The van der Waals surface area contributed by atoms with Crippen LogP contribution in [0.4, 0.5) is 22.2 Å². The summed E-state index contributed by atoms with van der Waals surface area (Å²) < 4.78 is 27.8. The molecule has 4 aromatic rings. The lowest BCUT2D eigenvalue weighted by Gasteiger charge is -2.25. The zero-order chi connectivity index (χ0) is 25.7. The van der Waals surface area contributed by atoms with Crippen LogP contribution in [0.5, 0.6) is 0 Å². The van der Waals surface area contributed by atoms with E-state index in [0.717, 1.165) is 21.4 Å². The number of carbonyl (C=O) groups is 1. The number of anilines is 3. The Balaban J connectivity index is 1.30. The minimum Gasteiger partial charge on any atom is -0.338 e. The van der Waals surface area contributed by atoms with Gasteiger partial charge in [-0.15, -0.1) is 0 Å². The molecule has 0 bridgehead atoms. The topological polar surface area (TPSA) is 153 Å². The van der Waals surface area contributed by atoms with E-state index in [1.165, 1.54) is 12.4 Å². The standard InChI is InChI=1S/C23H26N10O3S/c1-14(2)33-18-10-20(26-12-17(18)22(30-33)31-9-3-7-25-23(31)34)28-19-6-8-24-21(29-19)15-11-27-32(13-15)37(35,36)16-4-5-16/h6,8,10-14,16H,3-5,7,9H2,1-2H3,(H,25,34)(H,24,26,28,29). The predicted molar refractivity (Wildman–Crippen MR) is 137 cm³/mol. The van der Waals surface area contributed by atoms with Gasteiger partial charge in [0.2, 0.25) is 0 Å². The molecule has 14 heteroatoms. The van der Waals surface area contributed by atoms with Gasteiger partial charge in [-0.25, -0.2) is 28.2 Å². The summed E-state index contributed by atoms with van der Waals surface area (Å²) in [6.45, 7) is 5.31. The normalized spacial score (nSPS) is 16.4. The van der Waals surface area contributed by atoms with E-state index in [1.807, 2.05) is 24.6 Å². The molecule has 0 radical (unpaired) electrons. The molecule has 1 saturated carbocycles. The van der Waals surface area contributed by atoms with Crippen molar-refractivity contribution >= 4 is 44.4 Å². The number of carbonyl (C=O) groups excluding carboxylic acids is 1. The van der Waals surface area contributed by atoms with E-state index in [1.54, 1.807) is 23.4 Å². The number of fused-ring (bicyclic) bond motifs is 1. The Labute approximate surface area is 213 Å². The summed E-state index contributed by atoms with van der Waals surface area (Å²) >= 11 is 0. The number of urea groups is 1. The van der Waals surface area contributed by atoms with Gasteiger partial charge in [0.1, 0.15) is 11.6 Å². The zero-order valence-electron chi connectivity index (χ0n) is 20.4. The molecule has 37 heavy (non-hydrogen) atoms. The molecule has 0 atom stereocenters. The van der Waals surface area contributed by atoms with Crippen LogP contribution in [0, 0.1) is 0 Å². The van der Waals surface area contributed by atoms with Crippen LogP contribution < -0.4 is 15.5 Å². The molecule has 6 rings (SSSR count). The molecule has 0 unspecified atom stereocenters. The van der Waals surface area contributed by atoms with Gasteiger partial charge in [-0.3, -0.25) is 9.58 Å². The maximum Gasteiger partial charge on any atom is 0.323 e.